The molecule has 1 aliphatic carbocycles. The first kappa shape index (κ1) is 12.1. The molecular weight excluding hydrogens is 216 g/mol. The van der Waals surface area contributed by atoms with E-state index in [4.69, 9.17) is 5.73 Å². The van der Waals surface area contributed by atoms with Gasteiger partial charge in [-0.15, -0.1) is 0 Å². The van der Waals surface area contributed by atoms with E-state index in [1.807, 2.05) is 13.2 Å². The smallest absolute Gasteiger partial charge is 0.240 e. The predicted molar refractivity (Wildman–Crippen MR) is 65.1 cm³/mol. The van der Waals surface area contributed by atoms with Crippen LogP contribution in [-0.4, -0.2) is 21.2 Å². The largest absolute Gasteiger partial charge is 0.350 e. The lowest BCUT2D eigenvalue weighted by atomic mass is 9.82. The van der Waals surface area contributed by atoms with E-state index in [0.29, 0.717) is 6.54 Å². The molecule has 0 aromatic carbocycles. The summed E-state index contributed by atoms with van der Waals surface area (Å²) in [7, 11) is 1.86. The highest BCUT2D eigenvalue weighted by Gasteiger charge is 2.34. The molecule has 17 heavy (non-hydrogen) atoms. The van der Waals surface area contributed by atoms with Gasteiger partial charge in [0.2, 0.25) is 5.91 Å². The number of carbonyl (C=O) groups is 1. The molecule has 0 atom stereocenters. The molecular formula is C12H20N4O. The quantitative estimate of drug-likeness (QED) is 0.811. The Morgan fingerprint density at radius 1 is 1.53 bits per heavy atom. The fraction of sp³-hybridized carbons (Fsp3) is 0.667. The number of hydrogen-bond acceptors (Lipinski definition) is 3. The van der Waals surface area contributed by atoms with Gasteiger partial charge in [-0.05, 0) is 12.8 Å². The zero-order chi connectivity index (χ0) is 12.3. The van der Waals surface area contributed by atoms with Crippen LogP contribution in [0.25, 0.3) is 0 Å². The molecule has 1 aliphatic rings. The van der Waals surface area contributed by atoms with Crippen LogP contribution in [0.5, 0.6) is 0 Å². The average Bonchev–Trinajstić information content (AvgIpc) is 2.73. The summed E-state index contributed by atoms with van der Waals surface area (Å²) in [5.41, 5.74) is 6.49. The third-order valence-electron chi connectivity index (χ3n) is 3.41. The monoisotopic (exact) mass is 236 g/mol. The van der Waals surface area contributed by atoms with Crippen molar-refractivity contribution in [2.75, 3.05) is 0 Å². The summed E-state index contributed by atoms with van der Waals surface area (Å²) in [6.07, 6.45) is 8.54. The van der Waals surface area contributed by atoms with Gasteiger partial charge >= 0.3 is 0 Å². The fourth-order valence-corrected chi connectivity index (χ4v) is 2.33. The van der Waals surface area contributed by atoms with E-state index in [-0.39, 0.29) is 5.91 Å². The van der Waals surface area contributed by atoms with Gasteiger partial charge in [-0.3, -0.25) is 9.48 Å². The summed E-state index contributed by atoms with van der Waals surface area (Å²) in [6, 6.07) is 0. The second kappa shape index (κ2) is 4.87. The summed E-state index contributed by atoms with van der Waals surface area (Å²) >= 11 is 0. The number of rotatable bonds is 3. The molecule has 1 aromatic heterocycles. The Hall–Kier alpha value is -1.36. The van der Waals surface area contributed by atoms with Gasteiger partial charge in [0.05, 0.1) is 11.7 Å². The van der Waals surface area contributed by atoms with Crippen LogP contribution in [0.3, 0.4) is 0 Å². The third kappa shape index (κ3) is 2.85. The summed E-state index contributed by atoms with van der Waals surface area (Å²) in [4.78, 5) is 12.0. The first-order valence-corrected chi connectivity index (χ1v) is 6.15. The second-order valence-corrected chi connectivity index (χ2v) is 4.92. The average molecular weight is 236 g/mol. The number of nitrogens with one attached hydrogen (secondary N) is 1. The van der Waals surface area contributed by atoms with Crippen molar-refractivity contribution in [2.24, 2.45) is 12.8 Å². The first-order chi connectivity index (χ1) is 8.10. The SMILES string of the molecule is Cn1cc(CNC(=O)C2(N)CCCCC2)cn1. The van der Waals surface area contributed by atoms with Crippen LogP contribution in [-0.2, 0) is 18.4 Å². The van der Waals surface area contributed by atoms with E-state index < -0.39 is 5.54 Å². The van der Waals surface area contributed by atoms with Crippen molar-refractivity contribution in [3.63, 3.8) is 0 Å². The van der Waals surface area contributed by atoms with Gasteiger partial charge in [0.25, 0.3) is 0 Å². The molecule has 1 fully saturated rings. The zero-order valence-corrected chi connectivity index (χ0v) is 10.3. The Morgan fingerprint density at radius 3 is 2.82 bits per heavy atom. The highest BCUT2D eigenvalue weighted by atomic mass is 16.2. The molecule has 2 rings (SSSR count). The molecule has 5 heteroatoms. The topological polar surface area (TPSA) is 72.9 Å². The van der Waals surface area contributed by atoms with Gasteiger partial charge in [0.1, 0.15) is 0 Å². The molecule has 1 heterocycles. The minimum absolute atomic E-state index is 0.0268. The molecule has 1 saturated carbocycles. The maximum absolute atomic E-state index is 12.0. The van der Waals surface area contributed by atoms with E-state index >= 15 is 0 Å². The molecule has 3 N–H and O–H groups in total. The Bertz CT molecular complexity index is 393. The maximum Gasteiger partial charge on any atom is 0.240 e. The van der Waals surface area contributed by atoms with E-state index in [9.17, 15) is 4.79 Å². The molecule has 94 valence electrons. The summed E-state index contributed by atoms with van der Waals surface area (Å²) in [5.74, 6) is -0.0268. The van der Waals surface area contributed by atoms with Crippen molar-refractivity contribution in [3.8, 4) is 0 Å². The molecule has 5 nitrogen and oxygen atoms in total. The molecule has 0 bridgehead atoms. The number of carbonyl (C=O) groups excluding carboxylic acids is 1. The highest BCUT2D eigenvalue weighted by Crippen LogP contribution is 2.25. The number of aryl methyl sites for hydroxylation is 1. The van der Waals surface area contributed by atoms with Crippen molar-refractivity contribution in [3.05, 3.63) is 18.0 Å². The Labute approximate surface area is 101 Å². The van der Waals surface area contributed by atoms with Crippen LogP contribution >= 0.6 is 0 Å². The van der Waals surface area contributed by atoms with Gasteiger partial charge in [0, 0.05) is 25.4 Å². The van der Waals surface area contributed by atoms with Gasteiger partial charge in [-0.25, -0.2) is 0 Å². The van der Waals surface area contributed by atoms with Crippen molar-refractivity contribution in [1.29, 1.82) is 0 Å². The molecule has 1 aromatic rings. The van der Waals surface area contributed by atoms with Crippen LogP contribution in [0.1, 0.15) is 37.7 Å². The lowest BCUT2D eigenvalue weighted by Gasteiger charge is -2.31. The first-order valence-electron chi connectivity index (χ1n) is 6.15. The van der Waals surface area contributed by atoms with Crippen LogP contribution in [0, 0.1) is 0 Å². The van der Waals surface area contributed by atoms with Gasteiger partial charge < -0.3 is 11.1 Å². The van der Waals surface area contributed by atoms with E-state index in [1.54, 1.807) is 10.9 Å². The molecule has 0 spiro atoms. The van der Waals surface area contributed by atoms with E-state index in [1.165, 1.54) is 6.42 Å². The Morgan fingerprint density at radius 2 is 2.24 bits per heavy atom. The van der Waals surface area contributed by atoms with Gasteiger partial charge in [0.15, 0.2) is 0 Å². The molecule has 0 unspecified atom stereocenters. The van der Waals surface area contributed by atoms with Crippen molar-refractivity contribution in [2.45, 2.75) is 44.2 Å². The number of amides is 1. The summed E-state index contributed by atoms with van der Waals surface area (Å²) in [5, 5.41) is 6.96. The van der Waals surface area contributed by atoms with Crippen LogP contribution in [0.15, 0.2) is 12.4 Å². The molecule has 0 aliphatic heterocycles. The number of nitrogens with two attached hydrogens (primary N) is 1. The van der Waals surface area contributed by atoms with Crippen molar-refractivity contribution < 1.29 is 4.79 Å². The summed E-state index contributed by atoms with van der Waals surface area (Å²) < 4.78 is 1.72. The fourth-order valence-electron chi connectivity index (χ4n) is 2.33. The summed E-state index contributed by atoms with van der Waals surface area (Å²) in [6.45, 7) is 0.506. The minimum Gasteiger partial charge on any atom is -0.350 e. The Balaban J connectivity index is 1.88. The third-order valence-corrected chi connectivity index (χ3v) is 3.41. The number of nitrogens with zero attached hydrogens (tertiary/aromatic N) is 2. The minimum atomic E-state index is -0.652. The normalized spacial score (nSPS) is 18.9. The lowest BCUT2D eigenvalue weighted by molar-refractivity contribution is -0.127. The molecule has 0 radical (unpaired) electrons. The molecule has 1 amide bonds. The highest BCUT2D eigenvalue weighted by molar-refractivity contribution is 5.86. The number of aromatic nitrogens is 2. The van der Waals surface area contributed by atoms with Crippen molar-refractivity contribution in [1.82, 2.24) is 15.1 Å². The van der Waals surface area contributed by atoms with Crippen LogP contribution in [0.4, 0.5) is 0 Å². The van der Waals surface area contributed by atoms with Crippen molar-refractivity contribution >= 4 is 5.91 Å². The lowest BCUT2D eigenvalue weighted by Crippen LogP contribution is -2.54. The van der Waals surface area contributed by atoms with Gasteiger partial charge in [-0.1, -0.05) is 19.3 Å². The standard InChI is InChI=1S/C12H20N4O/c1-16-9-10(8-15-16)7-14-11(17)12(13)5-3-2-4-6-12/h8-9H,2-7,13H2,1H3,(H,14,17). The second-order valence-electron chi connectivity index (χ2n) is 4.92. The van der Waals surface area contributed by atoms with Crippen LogP contribution < -0.4 is 11.1 Å². The molecule has 0 saturated heterocycles. The Kier molecular flexibility index (Phi) is 3.47. The van der Waals surface area contributed by atoms with E-state index in [0.717, 1.165) is 31.2 Å². The van der Waals surface area contributed by atoms with Crippen LogP contribution in [0.2, 0.25) is 0 Å². The zero-order valence-electron chi connectivity index (χ0n) is 10.3. The van der Waals surface area contributed by atoms with E-state index in [2.05, 4.69) is 10.4 Å². The predicted octanol–water partition coefficient (Wildman–Crippen LogP) is 0.698. The maximum atomic E-state index is 12.0. The van der Waals surface area contributed by atoms with Gasteiger partial charge in [-0.2, -0.15) is 5.10 Å². The number of hydrogen-bond donors (Lipinski definition) is 2.